The van der Waals surface area contributed by atoms with Crippen LogP contribution in [0.15, 0.2) is 42.5 Å². The molecule has 2 aliphatic rings. The van der Waals surface area contributed by atoms with Gasteiger partial charge in [0.1, 0.15) is 36.1 Å². The zero-order valence-corrected chi connectivity index (χ0v) is 16.0. The Balaban J connectivity index is 1.68. The highest BCUT2D eigenvalue weighted by Crippen LogP contribution is 2.58. The molecule has 3 N–H and O–H groups in total. The van der Waals surface area contributed by atoms with Gasteiger partial charge in [0.15, 0.2) is 0 Å². The van der Waals surface area contributed by atoms with Crippen LogP contribution in [0.25, 0.3) is 0 Å². The van der Waals surface area contributed by atoms with Crippen molar-refractivity contribution < 1.29 is 29.5 Å². The molecule has 6 atom stereocenters. The number of hydrogen-bond acceptors (Lipinski definition) is 6. The van der Waals surface area contributed by atoms with Gasteiger partial charge in [0, 0.05) is 23.6 Å². The van der Waals surface area contributed by atoms with Gasteiger partial charge >= 0.3 is 0 Å². The van der Waals surface area contributed by atoms with Crippen LogP contribution in [-0.4, -0.2) is 54.0 Å². The lowest BCUT2D eigenvalue weighted by Gasteiger charge is -2.23. The molecule has 2 aromatic carbocycles. The second-order valence-electron chi connectivity index (χ2n) is 7.58. The average Bonchev–Trinajstić information content (AvgIpc) is 3.20. The first kappa shape index (κ1) is 19.1. The Morgan fingerprint density at radius 1 is 1.14 bits per heavy atom. The van der Waals surface area contributed by atoms with Gasteiger partial charge in [-0.25, -0.2) is 0 Å². The average molecular weight is 386 g/mol. The van der Waals surface area contributed by atoms with Gasteiger partial charge in [-0.2, -0.15) is 0 Å². The first-order valence-corrected chi connectivity index (χ1v) is 9.58. The van der Waals surface area contributed by atoms with Crippen molar-refractivity contribution in [3.8, 4) is 17.2 Å². The lowest BCUT2D eigenvalue weighted by Crippen LogP contribution is -2.22. The number of benzene rings is 2. The third-order valence-corrected chi connectivity index (χ3v) is 5.91. The molecule has 4 unspecified atom stereocenters. The minimum Gasteiger partial charge on any atom is -0.496 e. The highest BCUT2D eigenvalue weighted by Gasteiger charge is 2.55. The lowest BCUT2D eigenvalue weighted by molar-refractivity contribution is 0.0534. The van der Waals surface area contributed by atoms with Crippen LogP contribution in [0.3, 0.4) is 0 Å². The molecule has 0 radical (unpaired) electrons. The van der Waals surface area contributed by atoms with Gasteiger partial charge in [-0.05, 0) is 11.5 Å². The van der Waals surface area contributed by atoms with Crippen LogP contribution in [0.1, 0.15) is 29.9 Å². The summed E-state index contributed by atoms with van der Waals surface area (Å²) in [4.78, 5) is 0. The zero-order valence-electron chi connectivity index (χ0n) is 16.0. The third-order valence-electron chi connectivity index (χ3n) is 5.91. The number of aliphatic hydroxyl groups excluding tert-OH is 3. The molecule has 1 aliphatic heterocycles. The fraction of sp³-hybridized carbons (Fsp3) is 0.455. The molecule has 6 nitrogen and oxygen atoms in total. The minimum absolute atomic E-state index is 0.0302. The van der Waals surface area contributed by atoms with E-state index in [9.17, 15) is 10.2 Å². The first-order valence-electron chi connectivity index (χ1n) is 9.58. The van der Waals surface area contributed by atoms with Crippen molar-refractivity contribution in [2.75, 3.05) is 20.3 Å². The van der Waals surface area contributed by atoms with Gasteiger partial charge in [0.25, 0.3) is 0 Å². The molecule has 4 rings (SSSR count). The maximum Gasteiger partial charge on any atom is 0.130 e. The molecule has 0 amide bonds. The molecule has 2 aromatic rings. The van der Waals surface area contributed by atoms with E-state index in [-0.39, 0.29) is 37.1 Å². The molecule has 150 valence electrons. The topological polar surface area (TPSA) is 88.4 Å². The van der Waals surface area contributed by atoms with Gasteiger partial charge in [-0.15, -0.1) is 0 Å². The summed E-state index contributed by atoms with van der Waals surface area (Å²) >= 11 is 0. The maximum absolute atomic E-state index is 11.0. The van der Waals surface area contributed by atoms with E-state index < -0.39 is 12.2 Å². The predicted octanol–water partition coefficient (Wildman–Crippen LogP) is 2.07. The van der Waals surface area contributed by atoms with E-state index in [0.717, 1.165) is 11.1 Å². The quantitative estimate of drug-likeness (QED) is 0.704. The Morgan fingerprint density at radius 2 is 1.89 bits per heavy atom. The summed E-state index contributed by atoms with van der Waals surface area (Å²) in [6.07, 6.45) is -1.69. The molecule has 1 fully saturated rings. The summed E-state index contributed by atoms with van der Waals surface area (Å²) in [5, 5.41) is 29.5. The number of fused-ring (bicyclic) bond motifs is 3. The van der Waals surface area contributed by atoms with Crippen molar-refractivity contribution in [3.63, 3.8) is 0 Å². The zero-order chi connectivity index (χ0) is 19.8. The molecule has 0 spiro atoms. The summed E-state index contributed by atoms with van der Waals surface area (Å²) in [6.45, 7) is 1.66. The number of rotatable bonds is 6. The summed E-state index contributed by atoms with van der Waals surface area (Å²) in [6, 6.07) is 13.6. The Bertz CT molecular complexity index is 823. The second-order valence-corrected chi connectivity index (χ2v) is 7.58. The first-order chi connectivity index (χ1) is 13.5. The molecule has 0 bridgehead atoms. The van der Waals surface area contributed by atoms with Gasteiger partial charge < -0.3 is 29.5 Å². The second kappa shape index (κ2) is 7.62. The van der Waals surface area contributed by atoms with Gasteiger partial charge in [0.05, 0.1) is 25.7 Å². The molecule has 1 heterocycles. The van der Waals surface area contributed by atoms with Gasteiger partial charge in [-0.3, -0.25) is 0 Å². The van der Waals surface area contributed by atoms with E-state index in [4.69, 9.17) is 19.3 Å². The van der Waals surface area contributed by atoms with Crippen LogP contribution in [0.4, 0.5) is 0 Å². The van der Waals surface area contributed by atoms with E-state index in [2.05, 4.69) is 19.1 Å². The highest BCUT2D eigenvalue weighted by molar-refractivity contribution is 5.57. The number of methoxy groups -OCH3 is 1. The van der Waals surface area contributed by atoms with Crippen molar-refractivity contribution in [3.05, 3.63) is 53.6 Å². The molecular weight excluding hydrogens is 360 g/mol. The Kier molecular flexibility index (Phi) is 5.19. The third kappa shape index (κ3) is 3.11. The molecule has 1 saturated carbocycles. The van der Waals surface area contributed by atoms with Crippen LogP contribution in [-0.2, 0) is 0 Å². The molecule has 0 saturated heterocycles. The number of ether oxygens (including phenoxy) is 3. The van der Waals surface area contributed by atoms with E-state index >= 15 is 0 Å². The lowest BCUT2D eigenvalue weighted by atomic mass is 9.88. The smallest absolute Gasteiger partial charge is 0.130 e. The normalized spacial score (nSPS) is 29.0. The maximum atomic E-state index is 11.0. The van der Waals surface area contributed by atoms with Crippen LogP contribution >= 0.6 is 0 Å². The van der Waals surface area contributed by atoms with E-state index in [1.54, 1.807) is 19.2 Å². The fourth-order valence-corrected chi connectivity index (χ4v) is 4.55. The predicted molar refractivity (Wildman–Crippen MR) is 103 cm³/mol. The van der Waals surface area contributed by atoms with Crippen LogP contribution in [0, 0.1) is 5.92 Å². The summed E-state index contributed by atoms with van der Waals surface area (Å²) in [5.41, 5.74) is 2.01. The van der Waals surface area contributed by atoms with Crippen molar-refractivity contribution in [1.82, 2.24) is 0 Å². The van der Waals surface area contributed by atoms with Crippen LogP contribution < -0.4 is 14.2 Å². The largest absolute Gasteiger partial charge is 0.496 e. The number of hydrogen-bond donors (Lipinski definition) is 3. The van der Waals surface area contributed by atoms with Gasteiger partial charge in [-0.1, -0.05) is 37.3 Å². The summed E-state index contributed by atoms with van der Waals surface area (Å²) in [5.74, 6) is 1.65. The van der Waals surface area contributed by atoms with Crippen molar-refractivity contribution in [2.24, 2.45) is 5.92 Å². The number of aliphatic hydroxyl groups is 3. The van der Waals surface area contributed by atoms with E-state index in [0.29, 0.717) is 17.2 Å². The summed E-state index contributed by atoms with van der Waals surface area (Å²) < 4.78 is 17.5. The van der Waals surface area contributed by atoms with Crippen LogP contribution in [0.5, 0.6) is 17.2 Å². The summed E-state index contributed by atoms with van der Waals surface area (Å²) in [7, 11) is 1.58. The van der Waals surface area contributed by atoms with E-state index in [1.165, 1.54) is 0 Å². The molecule has 0 aromatic heterocycles. The Hall–Kier alpha value is -2.28. The molecular formula is C22H26O6. The van der Waals surface area contributed by atoms with E-state index in [1.807, 2.05) is 18.2 Å². The van der Waals surface area contributed by atoms with Crippen molar-refractivity contribution >= 4 is 0 Å². The van der Waals surface area contributed by atoms with Crippen molar-refractivity contribution in [2.45, 2.75) is 37.1 Å². The van der Waals surface area contributed by atoms with Crippen LogP contribution in [0.2, 0.25) is 0 Å². The SMILES string of the molecule is COc1cc(OCC(O)CO)cc2c1C1C(O)[C@H](C)[C@@H](c3ccccc3)C1O2. The fourth-order valence-electron chi connectivity index (χ4n) is 4.55. The van der Waals surface area contributed by atoms with Crippen molar-refractivity contribution in [1.29, 1.82) is 0 Å². The standard InChI is InChI=1S/C22H26O6/c1-12-18(13-6-4-3-5-7-13)22-20(21(12)25)19-16(26-2)8-15(9-17(19)28-22)27-11-14(24)10-23/h3-9,12,14,18,20-25H,10-11H2,1-2H3/t12-,14?,18+,20?,21?,22?/m1/s1. The highest BCUT2D eigenvalue weighted by atomic mass is 16.5. The Labute approximate surface area is 164 Å². The minimum atomic E-state index is -0.954. The Morgan fingerprint density at radius 3 is 2.57 bits per heavy atom. The molecule has 1 aliphatic carbocycles. The monoisotopic (exact) mass is 386 g/mol. The molecule has 6 heteroatoms. The van der Waals surface area contributed by atoms with Gasteiger partial charge in [0.2, 0.25) is 0 Å². The molecule has 28 heavy (non-hydrogen) atoms.